The number of rotatable bonds is 10. The Bertz CT molecular complexity index is 2420. The van der Waals surface area contributed by atoms with Gasteiger partial charge in [0.2, 0.25) is 5.88 Å². The van der Waals surface area contributed by atoms with E-state index >= 15 is 0 Å². The summed E-state index contributed by atoms with van der Waals surface area (Å²) >= 11 is 7.17. The number of fused-ring (bicyclic) bond motifs is 4. The first kappa shape index (κ1) is 34.2. The summed E-state index contributed by atoms with van der Waals surface area (Å²) in [6.07, 6.45) is 5.92. The molecule has 0 N–H and O–H groups in total. The number of para-hydroxylation sites is 1. The first-order valence-electron chi connectivity index (χ1n) is 18.9. The maximum absolute atomic E-state index is 7.55. The highest BCUT2D eigenvalue weighted by molar-refractivity contribution is 6.32. The van der Waals surface area contributed by atoms with Gasteiger partial charge in [0, 0.05) is 47.0 Å². The zero-order valence-corrected chi connectivity index (χ0v) is 30.9. The van der Waals surface area contributed by atoms with Crippen molar-refractivity contribution < 1.29 is 9.22 Å². The van der Waals surface area contributed by atoms with Gasteiger partial charge in [-0.15, -0.1) is 6.58 Å². The van der Waals surface area contributed by atoms with Crippen molar-refractivity contribution in [3.8, 4) is 39.5 Å². The van der Waals surface area contributed by atoms with E-state index in [2.05, 4.69) is 91.5 Å². The molecule has 0 spiro atoms. The van der Waals surface area contributed by atoms with Crippen molar-refractivity contribution in [1.82, 2.24) is 15.0 Å². The van der Waals surface area contributed by atoms with Crippen LogP contribution in [0.1, 0.15) is 30.1 Å². The monoisotopic (exact) mass is 725 g/mol. The lowest BCUT2D eigenvalue weighted by Crippen LogP contribution is -2.68. The molecule has 266 valence electrons. The second-order valence-corrected chi connectivity index (χ2v) is 15.2. The van der Waals surface area contributed by atoms with E-state index in [9.17, 15) is 0 Å². The van der Waals surface area contributed by atoms with Crippen LogP contribution in [0.5, 0.6) is 5.88 Å². The number of piperidine rings is 3. The minimum atomic E-state index is -0.360. The standard InChI is InChI=1S/C48H42ClN4O/c1-2-34-32-53(31-33-15-14-22-38(29-33)35-16-6-3-7-17-35)28-26-39(34)30-43(53)45(41-25-27-50-42-24-13-12-23-40(41)42)54-48-44(36-18-8-4-9-19-36)46(49)51-47(52-48)37-20-10-5-11-21-37/h2-25,27,29,34,39,43,45H,1,26,28,30-32H2/q+1/t34?,39?,43?,45-,53?/m0/s1. The molecule has 0 aliphatic carbocycles. The van der Waals surface area contributed by atoms with Gasteiger partial charge >= 0.3 is 0 Å². The van der Waals surface area contributed by atoms with Crippen LogP contribution in [0.25, 0.3) is 44.5 Å². The summed E-state index contributed by atoms with van der Waals surface area (Å²) in [5.41, 5.74) is 8.33. The summed E-state index contributed by atoms with van der Waals surface area (Å²) in [4.78, 5) is 14.8. The van der Waals surface area contributed by atoms with Gasteiger partial charge in [-0.1, -0.05) is 145 Å². The van der Waals surface area contributed by atoms with Crippen molar-refractivity contribution in [1.29, 1.82) is 0 Å². The average Bonchev–Trinajstić information content (AvgIpc) is 3.23. The molecule has 7 aromatic rings. The summed E-state index contributed by atoms with van der Waals surface area (Å²) in [5.74, 6) is 1.97. The number of ether oxygens (including phenoxy) is 1. The summed E-state index contributed by atoms with van der Waals surface area (Å²) in [6, 6.07) is 50.5. The van der Waals surface area contributed by atoms with Gasteiger partial charge in [-0.2, -0.15) is 4.98 Å². The van der Waals surface area contributed by atoms with Crippen LogP contribution in [0.4, 0.5) is 0 Å². The molecule has 6 heteroatoms. The highest BCUT2D eigenvalue weighted by Gasteiger charge is 2.55. The minimum Gasteiger partial charge on any atom is -0.462 e. The largest absolute Gasteiger partial charge is 0.462 e. The first-order chi connectivity index (χ1) is 26.6. The lowest BCUT2D eigenvalue weighted by molar-refractivity contribution is -0.984. The predicted molar refractivity (Wildman–Crippen MR) is 219 cm³/mol. The molecular weight excluding hydrogens is 684 g/mol. The zero-order chi connectivity index (χ0) is 36.5. The van der Waals surface area contributed by atoms with Gasteiger partial charge < -0.3 is 9.22 Å². The van der Waals surface area contributed by atoms with Crippen molar-refractivity contribution in [2.24, 2.45) is 11.8 Å². The van der Waals surface area contributed by atoms with Gasteiger partial charge in [-0.3, -0.25) is 4.98 Å². The molecule has 5 aromatic carbocycles. The Morgan fingerprint density at radius 1 is 0.759 bits per heavy atom. The van der Waals surface area contributed by atoms with E-state index in [0.29, 0.717) is 34.3 Å². The number of benzene rings is 5. The van der Waals surface area contributed by atoms with Crippen LogP contribution in [0, 0.1) is 11.8 Å². The molecule has 3 aliphatic rings. The van der Waals surface area contributed by atoms with E-state index in [-0.39, 0.29) is 12.1 Å². The SMILES string of the molecule is C=CC1C[N+]2(Cc3cccc(-c4ccccc4)c3)CCC1CC2[C@@H](Oc1nc(-c2ccccc2)nc(Cl)c1-c1ccccc1)c1ccnc2ccccc12. The molecule has 3 saturated heterocycles. The number of pyridine rings is 1. The second kappa shape index (κ2) is 14.7. The maximum Gasteiger partial charge on any atom is 0.227 e. The quantitative estimate of drug-likeness (QED) is 0.0800. The number of nitrogens with zero attached hydrogens (tertiary/aromatic N) is 4. The number of quaternary nitrogens is 1. The fraction of sp³-hybridized carbons (Fsp3) is 0.188. The molecule has 4 unspecified atom stereocenters. The normalized spacial score (nSPS) is 21.1. The number of hydrogen-bond acceptors (Lipinski definition) is 4. The average molecular weight is 726 g/mol. The molecule has 0 amide bonds. The fourth-order valence-corrected chi connectivity index (χ4v) is 9.38. The van der Waals surface area contributed by atoms with Crippen molar-refractivity contribution in [3.63, 3.8) is 0 Å². The number of aromatic nitrogens is 3. The van der Waals surface area contributed by atoms with E-state index in [0.717, 1.165) is 64.6 Å². The molecule has 54 heavy (non-hydrogen) atoms. The molecule has 2 aromatic heterocycles. The third kappa shape index (κ3) is 6.48. The van der Waals surface area contributed by atoms with E-state index in [1.807, 2.05) is 72.9 Å². The molecule has 5 nitrogen and oxygen atoms in total. The Morgan fingerprint density at radius 2 is 1.44 bits per heavy atom. The van der Waals surface area contributed by atoms with Crippen LogP contribution in [0.15, 0.2) is 164 Å². The third-order valence-electron chi connectivity index (χ3n) is 11.7. The summed E-state index contributed by atoms with van der Waals surface area (Å²) in [5, 5.41) is 1.45. The van der Waals surface area contributed by atoms with Gasteiger partial charge in [0.15, 0.2) is 11.9 Å². The first-order valence-corrected chi connectivity index (χ1v) is 19.3. The maximum atomic E-state index is 7.55. The molecule has 5 atom stereocenters. The van der Waals surface area contributed by atoms with Crippen molar-refractivity contribution >= 4 is 22.5 Å². The summed E-state index contributed by atoms with van der Waals surface area (Å²) in [6.45, 7) is 7.29. The van der Waals surface area contributed by atoms with Crippen molar-refractivity contribution in [2.75, 3.05) is 13.1 Å². The van der Waals surface area contributed by atoms with E-state index in [1.54, 1.807) is 0 Å². The molecule has 3 fully saturated rings. The lowest BCUT2D eigenvalue weighted by Gasteiger charge is -2.58. The van der Waals surface area contributed by atoms with E-state index < -0.39 is 0 Å². The molecular formula is C48H42ClN4O+. The second-order valence-electron chi connectivity index (χ2n) is 14.8. The van der Waals surface area contributed by atoms with E-state index in [1.165, 1.54) is 16.7 Å². The molecule has 2 bridgehead atoms. The minimum absolute atomic E-state index is 0.115. The van der Waals surface area contributed by atoms with Crippen LogP contribution in [0.2, 0.25) is 5.15 Å². The third-order valence-corrected chi connectivity index (χ3v) is 12.0. The number of halogens is 1. The lowest BCUT2D eigenvalue weighted by atomic mass is 9.71. The van der Waals surface area contributed by atoms with Crippen molar-refractivity contribution in [3.05, 3.63) is 181 Å². The van der Waals surface area contributed by atoms with Crippen LogP contribution >= 0.6 is 11.6 Å². The zero-order valence-electron chi connectivity index (χ0n) is 30.1. The molecule has 3 aliphatic heterocycles. The van der Waals surface area contributed by atoms with Crippen LogP contribution in [0.3, 0.4) is 0 Å². The molecule has 0 radical (unpaired) electrons. The van der Waals surface area contributed by atoms with Gasteiger partial charge in [0.25, 0.3) is 0 Å². The highest BCUT2D eigenvalue weighted by atomic mass is 35.5. The van der Waals surface area contributed by atoms with Crippen molar-refractivity contribution in [2.45, 2.75) is 31.5 Å². The van der Waals surface area contributed by atoms with Gasteiger partial charge in [-0.25, -0.2) is 4.98 Å². The van der Waals surface area contributed by atoms with Crippen LogP contribution < -0.4 is 4.74 Å². The topological polar surface area (TPSA) is 47.9 Å². The van der Waals surface area contributed by atoms with Gasteiger partial charge in [0.05, 0.1) is 24.2 Å². The van der Waals surface area contributed by atoms with Crippen LogP contribution in [-0.4, -0.2) is 38.6 Å². The number of hydrogen-bond donors (Lipinski definition) is 0. The molecule has 5 heterocycles. The Morgan fingerprint density at radius 3 is 2.20 bits per heavy atom. The summed E-state index contributed by atoms with van der Waals surface area (Å²) in [7, 11) is 0. The Hall–Kier alpha value is -5.62. The summed E-state index contributed by atoms with van der Waals surface area (Å²) < 4.78 is 8.44. The fourth-order valence-electron chi connectivity index (χ4n) is 9.11. The highest BCUT2D eigenvalue weighted by Crippen LogP contribution is 2.50. The smallest absolute Gasteiger partial charge is 0.227 e. The van der Waals surface area contributed by atoms with Gasteiger partial charge in [0.1, 0.15) is 17.7 Å². The van der Waals surface area contributed by atoms with E-state index in [4.69, 9.17) is 31.3 Å². The predicted octanol–water partition coefficient (Wildman–Crippen LogP) is 11.4. The Kier molecular flexibility index (Phi) is 9.28. The van der Waals surface area contributed by atoms with Gasteiger partial charge in [-0.05, 0) is 40.8 Å². The Balaban J connectivity index is 1.22. The Labute approximate surface area is 322 Å². The van der Waals surface area contributed by atoms with Crippen LogP contribution in [-0.2, 0) is 6.54 Å². The molecule has 0 saturated carbocycles. The molecule has 10 rings (SSSR count).